The van der Waals surface area contributed by atoms with Gasteiger partial charge in [-0.05, 0) is 0 Å². The van der Waals surface area contributed by atoms with Crippen LogP contribution < -0.4 is 127 Å². The Kier molecular flexibility index (Phi) is 72.3. The van der Waals surface area contributed by atoms with Gasteiger partial charge >= 0.3 is 437 Å². The van der Waals surface area contributed by atoms with Crippen molar-refractivity contribution in [1.29, 1.82) is 0 Å². The van der Waals surface area contributed by atoms with Crippen LogP contribution in [0.25, 0.3) is 0 Å². The molecule has 0 heterocycles. The first-order valence-corrected chi connectivity index (χ1v) is 41.6. The van der Waals surface area contributed by atoms with Crippen LogP contribution in [0.3, 0.4) is 0 Å². The van der Waals surface area contributed by atoms with Gasteiger partial charge in [0.15, 0.2) is 0 Å². The molecule has 0 radical (unpaired) electrons. The van der Waals surface area contributed by atoms with Crippen molar-refractivity contribution in [3.63, 3.8) is 0 Å². The molecule has 0 fully saturated rings. The van der Waals surface area contributed by atoms with Gasteiger partial charge in [0.05, 0.1) is 0 Å². The maximum absolute atomic E-state index is 2.41. The van der Waals surface area contributed by atoms with E-state index in [1.807, 2.05) is 0 Å². The second-order valence-corrected chi connectivity index (χ2v) is 38.8. The summed E-state index contributed by atoms with van der Waals surface area (Å²) in [5.74, 6) is 5.80. The fourth-order valence-corrected chi connectivity index (χ4v) is 23.8. The molecule has 0 aromatic rings. The Morgan fingerprint density at radius 2 is 0.421 bits per heavy atom. The van der Waals surface area contributed by atoms with Gasteiger partial charge in [0, 0.05) is 0 Å². The summed E-state index contributed by atoms with van der Waals surface area (Å²) in [6, 6.07) is 0. The molecule has 0 aliphatic heterocycles. The molecule has 10 atom stereocenters. The third-order valence-electron chi connectivity index (χ3n) is 10.9. The Morgan fingerprint density at radius 3 is 0.509 bits per heavy atom. The average Bonchev–Trinajstić information content (AvgIpc) is 3.22. The van der Waals surface area contributed by atoms with E-state index in [1.54, 1.807) is 0 Å². The van der Waals surface area contributed by atoms with Crippen molar-refractivity contribution in [2.75, 3.05) is 27.1 Å². The van der Waals surface area contributed by atoms with Crippen molar-refractivity contribution in [3.8, 4) is 0 Å². The molecule has 366 valence electrons. The summed E-state index contributed by atoms with van der Waals surface area (Å²) in [7, 11) is 0. The van der Waals surface area contributed by atoms with E-state index in [4.69, 9.17) is 0 Å². The standard InChI is InChI=1S/3C9H20I.3C8H18I/c3*1-5-8(4)9(6-2)10-7-3;1-5-7(3)8(6-2)9-4;2*1-5-8(7(3)4)9-6-2/h3*8-9H,5-7H2,1-4H3;3*7-8H,5-6H2,1-4H3/q6*-1. The van der Waals surface area contributed by atoms with E-state index >= 15 is 0 Å². The Bertz CT molecular complexity index is 615. The van der Waals surface area contributed by atoms with Gasteiger partial charge in [-0.15, -0.1) is 0 Å². The van der Waals surface area contributed by atoms with Crippen molar-refractivity contribution in [1.82, 2.24) is 0 Å². The molecule has 0 rings (SSSR count). The topological polar surface area (TPSA) is 0 Å². The number of rotatable bonds is 27. The second-order valence-electron chi connectivity index (χ2n) is 15.9. The molecule has 0 aromatic heterocycles. The summed E-state index contributed by atoms with van der Waals surface area (Å²) >= 11 is 3.08. The maximum atomic E-state index is 2.41. The van der Waals surface area contributed by atoms with Crippen LogP contribution in [0.1, 0.15) is 223 Å². The third kappa shape index (κ3) is 48.1. The molecular weight excluding hydrogens is 1370 g/mol. The number of alkyl halides is 12. The number of hydrogen-bond donors (Lipinski definition) is 0. The van der Waals surface area contributed by atoms with Crippen LogP contribution in [-0.2, 0) is 0 Å². The first kappa shape index (κ1) is 73.0. The van der Waals surface area contributed by atoms with Crippen LogP contribution in [0.2, 0.25) is 0 Å². The first-order chi connectivity index (χ1) is 27.0. The summed E-state index contributed by atoms with van der Waals surface area (Å²) in [4.78, 5) is 2.40. The zero-order valence-corrected chi connectivity index (χ0v) is 56.7. The van der Waals surface area contributed by atoms with Gasteiger partial charge in [-0.2, -0.15) is 0 Å². The van der Waals surface area contributed by atoms with Gasteiger partial charge in [0.2, 0.25) is 0 Å². The fourth-order valence-electron chi connectivity index (χ4n) is 6.29. The van der Waals surface area contributed by atoms with E-state index in [-0.39, 0.29) is 0 Å². The summed E-state index contributed by atoms with van der Waals surface area (Å²) in [5.41, 5.74) is 0. The van der Waals surface area contributed by atoms with Crippen molar-refractivity contribution < 1.29 is 127 Å². The van der Waals surface area contributed by atoms with Crippen LogP contribution in [0, 0.1) is 35.5 Å². The van der Waals surface area contributed by atoms with E-state index in [2.05, 4.69) is 164 Å². The van der Waals surface area contributed by atoms with Gasteiger partial charge in [-0.25, -0.2) is 0 Å². The monoisotopic (exact) mass is 1490 g/mol. The van der Waals surface area contributed by atoms with Crippen molar-refractivity contribution in [2.45, 2.75) is 247 Å². The van der Waals surface area contributed by atoms with Crippen LogP contribution >= 0.6 is 0 Å². The zero-order valence-electron chi connectivity index (χ0n) is 43.8. The Morgan fingerprint density at radius 1 is 0.246 bits per heavy atom. The van der Waals surface area contributed by atoms with Gasteiger partial charge in [0.25, 0.3) is 0 Å². The molecule has 10 unspecified atom stereocenters. The number of hydrogen-bond acceptors (Lipinski definition) is 0. The Balaban J connectivity index is -0.000000137. The molecule has 57 heavy (non-hydrogen) atoms. The minimum atomic E-state index is 0.495. The zero-order chi connectivity index (χ0) is 45.8. The molecule has 0 aliphatic carbocycles. The van der Waals surface area contributed by atoms with E-state index in [0.717, 1.165) is 59.1 Å². The molecule has 0 saturated heterocycles. The second kappa shape index (κ2) is 56.5. The predicted molar refractivity (Wildman–Crippen MR) is 251 cm³/mol. The van der Waals surface area contributed by atoms with Crippen LogP contribution in [-0.4, -0.2) is 50.6 Å². The third-order valence-corrected chi connectivity index (χ3v) is 35.6. The molecular formula is C51H114I6-6. The van der Waals surface area contributed by atoms with Crippen LogP contribution in [0.15, 0.2) is 0 Å². The molecule has 0 aromatic carbocycles. The molecule has 0 aliphatic rings. The predicted octanol–water partition coefficient (Wildman–Crippen LogP) is -1.65. The Hall–Kier alpha value is 4.38. The molecule has 0 bridgehead atoms. The fraction of sp³-hybridized carbons (Fsp3) is 1.00. The van der Waals surface area contributed by atoms with Crippen LogP contribution in [0.5, 0.6) is 0 Å². The van der Waals surface area contributed by atoms with Gasteiger partial charge < -0.3 is 0 Å². The van der Waals surface area contributed by atoms with E-state index in [1.165, 1.54) is 86.3 Å². The SMILES string of the molecule is CCC(C)C(CC)[I-]C.CC[I-]C(CC)C(C)C.CC[I-]C(CC)C(C)C.CC[I-]C(CC)C(C)CC.CC[I-]C(CC)C(C)CC.CC[I-]C(CC)C(C)CC. The van der Waals surface area contributed by atoms with E-state index in [9.17, 15) is 0 Å². The molecule has 0 saturated carbocycles. The molecule has 0 nitrogen and oxygen atoms in total. The quantitative estimate of drug-likeness (QED) is 0.0685. The Labute approximate surface area is 430 Å². The van der Waals surface area contributed by atoms with Crippen molar-refractivity contribution >= 4 is 0 Å². The molecule has 6 heteroatoms. The van der Waals surface area contributed by atoms with Gasteiger partial charge in [0.1, 0.15) is 0 Å². The van der Waals surface area contributed by atoms with Crippen molar-refractivity contribution in [3.05, 3.63) is 0 Å². The summed E-state index contributed by atoms with van der Waals surface area (Å²) < 4.78 is 13.8. The minimum absolute atomic E-state index is 0.495. The van der Waals surface area contributed by atoms with Gasteiger partial charge in [-0.1, -0.05) is 0 Å². The average molecular weight is 1490 g/mol. The molecule has 0 spiro atoms. The molecule has 0 N–H and O–H groups in total. The first-order valence-electron chi connectivity index (χ1n) is 24.3. The summed E-state index contributed by atoms with van der Waals surface area (Å²) in [5, 5.41) is 0. The summed E-state index contributed by atoms with van der Waals surface area (Å²) in [6.07, 6.45) is 13.9. The van der Waals surface area contributed by atoms with E-state index in [0.29, 0.717) is 127 Å². The van der Waals surface area contributed by atoms with Crippen LogP contribution in [0.4, 0.5) is 0 Å². The van der Waals surface area contributed by atoms with Crippen molar-refractivity contribution in [2.24, 2.45) is 35.5 Å². The van der Waals surface area contributed by atoms with Gasteiger partial charge in [-0.3, -0.25) is 0 Å². The van der Waals surface area contributed by atoms with E-state index < -0.39 is 0 Å². The number of halogens is 6. The summed E-state index contributed by atoms with van der Waals surface area (Å²) in [6.45, 7) is 53.9. The normalized spacial score (nSPS) is 16.5. The molecule has 0 amide bonds.